The smallest absolute Gasteiger partial charge is 0.0782 e. The molecule has 0 spiro atoms. The number of pyridine rings is 1. The zero-order valence-electron chi connectivity index (χ0n) is 13.5. The number of nitrogens with one attached hydrogen (secondary N) is 1. The van der Waals surface area contributed by atoms with Crippen LogP contribution in [0.3, 0.4) is 0 Å². The van der Waals surface area contributed by atoms with E-state index in [0.29, 0.717) is 0 Å². The Kier molecular flexibility index (Phi) is 4.86. The average Bonchev–Trinajstić information content (AvgIpc) is 2.80. The van der Waals surface area contributed by atoms with E-state index in [2.05, 4.69) is 54.4 Å². The maximum absolute atomic E-state index is 4.74. The van der Waals surface area contributed by atoms with E-state index in [-0.39, 0.29) is 6.04 Å². The van der Waals surface area contributed by atoms with E-state index < -0.39 is 0 Å². The van der Waals surface area contributed by atoms with Crippen molar-refractivity contribution < 1.29 is 0 Å². The van der Waals surface area contributed by atoms with Crippen molar-refractivity contribution in [2.24, 2.45) is 0 Å². The Hall–Kier alpha value is -1.71. The SMILES string of the molecule is Cc1ccccc1C(c1ncccc1C)N1CCCNCC1. The molecule has 0 amide bonds. The van der Waals surface area contributed by atoms with Gasteiger partial charge < -0.3 is 5.32 Å². The van der Waals surface area contributed by atoms with Crippen LogP contribution in [-0.4, -0.2) is 36.1 Å². The maximum atomic E-state index is 4.74. The molecule has 1 aliphatic heterocycles. The van der Waals surface area contributed by atoms with Gasteiger partial charge in [0.25, 0.3) is 0 Å². The summed E-state index contributed by atoms with van der Waals surface area (Å²) in [6.45, 7) is 8.71. The molecule has 1 aromatic carbocycles. The number of benzene rings is 1. The van der Waals surface area contributed by atoms with E-state index in [1.54, 1.807) is 0 Å². The second-order valence-corrected chi connectivity index (χ2v) is 6.10. The van der Waals surface area contributed by atoms with Crippen molar-refractivity contribution in [1.82, 2.24) is 15.2 Å². The normalized spacial score (nSPS) is 17.9. The van der Waals surface area contributed by atoms with E-state index in [4.69, 9.17) is 4.98 Å². The number of hydrogen-bond donors (Lipinski definition) is 1. The van der Waals surface area contributed by atoms with Crippen LogP contribution in [0.2, 0.25) is 0 Å². The Labute approximate surface area is 133 Å². The van der Waals surface area contributed by atoms with Crippen molar-refractivity contribution in [1.29, 1.82) is 0 Å². The van der Waals surface area contributed by atoms with Crippen molar-refractivity contribution >= 4 is 0 Å². The number of aryl methyl sites for hydroxylation is 2. The molecule has 1 unspecified atom stereocenters. The molecule has 22 heavy (non-hydrogen) atoms. The lowest BCUT2D eigenvalue weighted by molar-refractivity contribution is 0.236. The van der Waals surface area contributed by atoms with E-state index in [1.807, 2.05) is 12.3 Å². The molecular formula is C19H25N3. The Morgan fingerprint density at radius 2 is 1.82 bits per heavy atom. The monoisotopic (exact) mass is 295 g/mol. The largest absolute Gasteiger partial charge is 0.315 e. The first-order chi connectivity index (χ1) is 10.8. The summed E-state index contributed by atoms with van der Waals surface area (Å²) in [5, 5.41) is 3.50. The predicted octanol–water partition coefficient (Wildman–Crippen LogP) is 3.08. The summed E-state index contributed by atoms with van der Waals surface area (Å²) in [4.78, 5) is 7.32. The van der Waals surface area contributed by atoms with Crippen molar-refractivity contribution in [2.45, 2.75) is 26.3 Å². The van der Waals surface area contributed by atoms with Crippen LogP contribution in [0.25, 0.3) is 0 Å². The Bertz CT molecular complexity index is 570. The lowest BCUT2D eigenvalue weighted by Gasteiger charge is -2.32. The van der Waals surface area contributed by atoms with Crippen LogP contribution < -0.4 is 5.32 Å². The van der Waals surface area contributed by atoms with Crippen LogP contribution in [0.1, 0.15) is 34.8 Å². The van der Waals surface area contributed by atoms with Crippen molar-refractivity contribution in [3.8, 4) is 0 Å². The molecule has 3 rings (SSSR count). The fraction of sp³-hybridized carbons (Fsp3) is 0.421. The van der Waals surface area contributed by atoms with Crippen LogP contribution in [0.5, 0.6) is 0 Å². The minimum absolute atomic E-state index is 0.252. The van der Waals surface area contributed by atoms with E-state index in [9.17, 15) is 0 Å². The fourth-order valence-corrected chi connectivity index (χ4v) is 3.32. The van der Waals surface area contributed by atoms with E-state index in [0.717, 1.165) is 26.2 Å². The molecule has 1 atom stereocenters. The van der Waals surface area contributed by atoms with Gasteiger partial charge in [0.15, 0.2) is 0 Å². The minimum Gasteiger partial charge on any atom is -0.315 e. The standard InChI is InChI=1S/C19H25N3/c1-15-7-3-4-9-17(15)19(18-16(2)8-5-11-21-18)22-13-6-10-20-12-14-22/h3-5,7-9,11,19-20H,6,10,12-14H2,1-2H3. The third kappa shape index (κ3) is 3.21. The highest BCUT2D eigenvalue weighted by Gasteiger charge is 2.26. The van der Waals surface area contributed by atoms with Gasteiger partial charge in [-0.2, -0.15) is 0 Å². The quantitative estimate of drug-likeness (QED) is 0.943. The zero-order valence-corrected chi connectivity index (χ0v) is 13.5. The predicted molar refractivity (Wildman–Crippen MR) is 91.1 cm³/mol. The third-order valence-electron chi connectivity index (χ3n) is 4.53. The summed E-state index contributed by atoms with van der Waals surface area (Å²) in [6, 6.07) is 13.2. The second-order valence-electron chi connectivity index (χ2n) is 6.10. The number of hydrogen-bond acceptors (Lipinski definition) is 3. The molecular weight excluding hydrogens is 270 g/mol. The summed E-state index contributed by atoms with van der Waals surface area (Å²) >= 11 is 0. The molecule has 2 heterocycles. The first-order valence-electron chi connectivity index (χ1n) is 8.19. The lowest BCUT2D eigenvalue weighted by atomic mass is 9.94. The topological polar surface area (TPSA) is 28.2 Å². The number of nitrogens with zero attached hydrogens (tertiary/aromatic N) is 2. The molecule has 2 aromatic rings. The Morgan fingerprint density at radius 3 is 2.64 bits per heavy atom. The Morgan fingerprint density at radius 1 is 1.00 bits per heavy atom. The molecule has 1 aromatic heterocycles. The van der Waals surface area contributed by atoms with E-state index in [1.165, 1.54) is 28.8 Å². The fourth-order valence-electron chi connectivity index (χ4n) is 3.32. The molecule has 0 bridgehead atoms. The number of aromatic nitrogens is 1. The molecule has 1 saturated heterocycles. The molecule has 1 aliphatic rings. The van der Waals surface area contributed by atoms with Crippen LogP contribution in [-0.2, 0) is 0 Å². The maximum Gasteiger partial charge on any atom is 0.0782 e. The van der Waals surface area contributed by atoms with Gasteiger partial charge in [-0.15, -0.1) is 0 Å². The first kappa shape index (κ1) is 15.2. The highest BCUT2D eigenvalue weighted by Crippen LogP contribution is 2.31. The Balaban J connectivity index is 2.06. The van der Waals surface area contributed by atoms with Gasteiger partial charge in [-0.05, 0) is 49.6 Å². The summed E-state index contributed by atoms with van der Waals surface area (Å²) < 4.78 is 0. The summed E-state index contributed by atoms with van der Waals surface area (Å²) in [5.74, 6) is 0. The second kappa shape index (κ2) is 7.03. The molecule has 3 nitrogen and oxygen atoms in total. The molecule has 1 fully saturated rings. The van der Waals surface area contributed by atoms with Crippen LogP contribution in [0.15, 0.2) is 42.6 Å². The molecule has 116 valence electrons. The van der Waals surface area contributed by atoms with Gasteiger partial charge in [0, 0.05) is 25.8 Å². The van der Waals surface area contributed by atoms with Crippen LogP contribution in [0.4, 0.5) is 0 Å². The summed E-state index contributed by atoms with van der Waals surface area (Å²) in [7, 11) is 0. The van der Waals surface area contributed by atoms with Gasteiger partial charge in [0.05, 0.1) is 11.7 Å². The van der Waals surface area contributed by atoms with Gasteiger partial charge in [-0.1, -0.05) is 30.3 Å². The molecule has 0 aliphatic carbocycles. The van der Waals surface area contributed by atoms with Gasteiger partial charge in [-0.3, -0.25) is 9.88 Å². The average molecular weight is 295 g/mol. The molecule has 1 N–H and O–H groups in total. The van der Waals surface area contributed by atoms with E-state index >= 15 is 0 Å². The van der Waals surface area contributed by atoms with Crippen molar-refractivity contribution in [3.05, 3.63) is 65.0 Å². The molecule has 0 radical (unpaired) electrons. The summed E-state index contributed by atoms with van der Waals surface area (Å²) in [6.07, 6.45) is 3.11. The van der Waals surface area contributed by atoms with Crippen molar-refractivity contribution in [3.63, 3.8) is 0 Å². The zero-order chi connectivity index (χ0) is 15.4. The van der Waals surface area contributed by atoms with Gasteiger partial charge in [-0.25, -0.2) is 0 Å². The molecule has 0 saturated carbocycles. The van der Waals surface area contributed by atoms with Crippen LogP contribution in [0, 0.1) is 13.8 Å². The highest BCUT2D eigenvalue weighted by molar-refractivity contribution is 5.37. The third-order valence-corrected chi connectivity index (χ3v) is 4.53. The molecule has 3 heteroatoms. The lowest BCUT2D eigenvalue weighted by Crippen LogP contribution is -2.34. The summed E-state index contributed by atoms with van der Waals surface area (Å²) in [5.41, 5.74) is 5.19. The van der Waals surface area contributed by atoms with Gasteiger partial charge in [0.1, 0.15) is 0 Å². The van der Waals surface area contributed by atoms with Gasteiger partial charge >= 0.3 is 0 Å². The minimum atomic E-state index is 0.252. The van der Waals surface area contributed by atoms with Crippen LogP contribution >= 0.6 is 0 Å². The first-order valence-corrected chi connectivity index (χ1v) is 8.19. The van der Waals surface area contributed by atoms with Crippen molar-refractivity contribution in [2.75, 3.05) is 26.2 Å². The highest BCUT2D eigenvalue weighted by atomic mass is 15.2. The van der Waals surface area contributed by atoms with Gasteiger partial charge in [0.2, 0.25) is 0 Å². The number of rotatable bonds is 3.